The van der Waals surface area contributed by atoms with Gasteiger partial charge in [0.05, 0.1) is 18.6 Å². The van der Waals surface area contributed by atoms with Crippen LogP contribution in [0.4, 0.5) is 0 Å². The summed E-state index contributed by atoms with van der Waals surface area (Å²) in [6.07, 6.45) is 1.12. The Morgan fingerprint density at radius 1 is 1.57 bits per heavy atom. The van der Waals surface area contributed by atoms with Gasteiger partial charge in [0.15, 0.2) is 0 Å². The molecule has 2 aliphatic heterocycles. The highest BCUT2D eigenvalue weighted by molar-refractivity contribution is 6.18. The maximum Gasteiger partial charge on any atom is 0.228 e. The maximum atomic E-state index is 11.8. The zero-order valence-corrected chi connectivity index (χ0v) is 9.17. The van der Waals surface area contributed by atoms with Gasteiger partial charge in [-0.05, 0) is 13.3 Å². The second kappa shape index (κ2) is 4.07. The molecule has 0 radical (unpaired) electrons. The normalized spacial score (nSPS) is 33.1. The second-order valence-corrected chi connectivity index (χ2v) is 4.65. The Hall–Kier alpha value is -0.280. The van der Waals surface area contributed by atoms with E-state index in [0.29, 0.717) is 18.4 Å². The average Bonchev–Trinajstić information content (AvgIpc) is 2.49. The average molecular weight is 218 g/mol. The van der Waals surface area contributed by atoms with E-state index >= 15 is 0 Å². The summed E-state index contributed by atoms with van der Waals surface area (Å²) < 4.78 is 5.38. The van der Waals surface area contributed by atoms with Crippen LogP contribution in [0.25, 0.3) is 0 Å². The lowest BCUT2D eigenvalue weighted by atomic mass is 9.97. The predicted octanol–water partition coefficient (Wildman–Crippen LogP) is 1.11. The Balaban J connectivity index is 1.79. The van der Waals surface area contributed by atoms with Crippen molar-refractivity contribution in [2.75, 3.05) is 25.6 Å². The van der Waals surface area contributed by atoms with Crippen LogP contribution in [0.2, 0.25) is 0 Å². The van der Waals surface area contributed by atoms with Crippen molar-refractivity contribution in [2.45, 2.75) is 19.4 Å². The molecule has 2 heterocycles. The van der Waals surface area contributed by atoms with Gasteiger partial charge in [0.2, 0.25) is 5.91 Å². The van der Waals surface area contributed by atoms with Crippen LogP contribution in [0.15, 0.2) is 0 Å². The van der Waals surface area contributed by atoms with Gasteiger partial charge in [-0.25, -0.2) is 0 Å². The van der Waals surface area contributed by atoms with Crippen molar-refractivity contribution < 1.29 is 9.53 Å². The van der Waals surface area contributed by atoms with E-state index in [1.165, 1.54) is 0 Å². The molecular formula is C10H16ClNO2. The first-order valence-electron chi connectivity index (χ1n) is 5.17. The highest BCUT2D eigenvalue weighted by atomic mass is 35.5. The van der Waals surface area contributed by atoms with Crippen molar-refractivity contribution in [3.8, 4) is 0 Å². The fourth-order valence-corrected chi connectivity index (χ4v) is 2.29. The van der Waals surface area contributed by atoms with Gasteiger partial charge in [-0.15, -0.1) is 11.6 Å². The van der Waals surface area contributed by atoms with Gasteiger partial charge in [0.25, 0.3) is 0 Å². The molecule has 2 aliphatic rings. The molecule has 14 heavy (non-hydrogen) atoms. The highest BCUT2D eigenvalue weighted by Crippen LogP contribution is 2.25. The predicted molar refractivity (Wildman–Crippen MR) is 54.3 cm³/mol. The Kier molecular flexibility index (Phi) is 2.98. The molecule has 0 N–H and O–H groups in total. The molecule has 2 saturated heterocycles. The summed E-state index contributed by atoms with van der Waals surface area (Å²) in [5.41, 5.74) is 0. The van der Waals surface area contributed by atoms with Crippen molar-refractivity contribution in [3.63, 3.8) is 0 Å². The molecular weight excluding hydrogens is 202 g/mol. The van der Waals surface area contributed by atoms with E-state index in [9.17, 15) is 4.79 Å². The monoisotopic (exact) mass is 217 g/mol. The topological polar surface area (TPSA) is 29.5 Å². The SMILES string of the molecule is CC1CC(C(=O)N2CC(CCl)C2)CO1. The third-order valence-corrected chi connectivity index (χ3v) is 3.47. The summed E-state index contributed by atoms with van der Waals surface area (Å²) in [5.74, 6) is 1.54. The number of nitrogens with zero attached hydrogens (tertiary/aromatic N) is 1. The van der Waals surface area contributed by atoms with E-state index in [4.69, 9.17) is 16.3 Å². The van der Waals surface area contributed by atoms with Crippen molar-refractivity contribution in [2.24, 2.45) is 11.8 Å². The van der Waals surface area contributed by atoms with Crippen LogP contribution in [0.3, 0.4) is 0 Å². The second-order valence-electron chi connectivity index (χ2n) is 4.34. The van der Waals surface area contributed by atoms with Gasteiger partial charge in [0.1, 0.15) is 0 Å². The highest BCUT2D eigenvalue weighted by Gasteiger charge is 2.36. The van der Waals surface area contributed by atoms with Gasteiger partial charge in [-0.1, -0.05) is 0 Å². The number of ether oxygens (including phenoxy) is 1. The minimum absolute atomic E-state index is 0.0984. The zero-order valence-electron chi connectivity index (χ0n) is 8.41. The van der Waals surface area contributed by atoms with Crippen molar-refractivity contribution in [1.29, 1.82) is 0 Å². The Bertz CT molecular complexity index is 228. The summed E-state index contributed by atoms with van der Waals surface area (Å²) in [6.45, 7) is 4.30. The summed E-state index contributed by atoms with van der Waals surface area (Å²) in [7, 11) is 0. The lowest BCUT2D eigenvalue weighted by Gasteiger charge is -2.39. The largest absolute Gasteiger partial charge is 0.378 e. The van der Waals surface area contributed by atoms with E-state index in [0.717, 1.165) is 19.5 Å². The number of carbonyl (C=O) groups excluding carboxylic acids is 1. The standard InChI is InChI=1S/C10H16ClNO2/c1-7-2-9(6-14-7)10(13)12-4-8(3-11)5-12/h7-9H,2-6H2,1H3. The lowest BCUT2D eigenvalue weighted by molar-refractivity contribution is -0.141. The summed E-state index contributed by atoms with van der Waals surface area (Å²) >= 11 is 5.69. The minimum Gasteiger partial charge on any atom is -0.378 e. The Morgan fingerprint density at radius 2 is 2.29 bits per heavy atom. The van der Waals surface area contributed by atoms with Gasteiger partial charge < -0.3 is 9.64 Å². The van der Waals surface area contributed by atoms with Crippen molar-refractivity contribution in [3.05, 3.63) is 0 Å². The first-order valence-corrected chi connectivity index (χ1v) is 5.70. The number of hydrogen-bond acceptors (Lipinski definition) is 2. The number of halogens is 1. The van der Waals surface area contributed by atoms with Crippen LogP contribution < -0.4 is 0 Å². The molecule has 2 rings (SSSR count). The summed E-state index contributed by atoms with van der Waals surface area (Å²) in [5, 5.41) is 0. The molecule has 0 spiro atoms. The maximum absolute atomic E-state index is 11.8. The molecule has 1 amide bonds. The molecule has 0 bridgehead atoms. The molecule has 3 nitrogen and oxygen atoms in total. The number of hydrogen-bond donors (Lipinski definition) is 0. The van der Waals surface area contributed by atoms with Crippen LogP contribution in [-0.4, -0.2) is 42.5 Å². The van der Waals surface area contributed by atoms with Crippen LogP contribution in [0.5, 0.6) is 0 Å². The van der Waals surface area contributed by atoms with Crippen LogP contribution in [0.1, 0.15) is 13.3 Å². The number of alkyl halides is 1. The molecule has 0 aromatic heterocycles. The molecule has 2 atom stereocenters. The number of rotatable bonds is 2. The minimum atomic E-state index is 0.0984. The first kappa shape index (κ1) is 10.2. The zero-order chi connectivity index (χ0) is 10.1. The Labute approximate surface area is 89.4 Å². The molecule has 2 fully saturated rings. The number of carbonyl (C=O) groups is 1. The summed E-state index contributed by atoms with van der Waals surface area (Å²) in [6, 6.07) is 0. The smallest absolute Gasteiger partial charge is 0.228 e. The van der Waals surface area contributed by atoms with E-state index in [1.807, 2.05) is 11.8 Å². The van der Waals surface area contributed by atoms with Crippen molar-refractivity contribution in [1.82, 2.24) is 4.90 Å². The molecule has 0 aromatic rings. The van der Waals surface area contributed by atoms with Crippen LogP contribution in [0, 0.1) is 11.8 Å². The lowest BCUT2D eigenvalue weighted by Crippen LogP contribution is -2.52. The molecule has 0 saturated carbocycles. The van der Waals surface area contributed by atoms with Crippen LogP contribution in [-0.2, 0) is 9.53 Å². The molecule has 4 heteroatoms. The molecule has 2 unspecified atom stereocenters. The van der Waals surface area contributed by atoms with E-state index < -0.39 is 0 Å². The van der Waals surface area contributed by atoms with Gasteiger partial charge in [-0.2, -0.15) is 0 Å². The number of amides is 1. The molecule has 80 valence electrons. The molecule has 0 aromatic carbocycles. The van der Waals surface area contributed by atoms with Gasteiger partial charge in [0, 0.05) is 24.9 Å². The molecule has 0 aliphatic carbocycles. The third-order valence-electron chi connectivity index (χ3n) is 3.03. The van der Waals surface area contributed by atoms with Crippen LogP contribution >= 0.6 is 11.6 Å². The summed E-state index contributed by atoms with van der Waals surface area (Å²) in [4.78, 5) is 13.7. The van der Waals surface area contributed by atoms with E-state index in [1.54, 1.807) is 0 Å². The quantitative estimate of drug-likeness (QED) is 0.649. The number of likely N-dealkylation sites (tertiary alicyclic amines) is 1. The van der Waals surface area contributed by atoms with Gasteiger partial charge >= 0.3 is 0 Å². The third kappa shape index (κ3) is 1.89. The fourth-order valence-electron chi connectivity index (χ4n) is 2.09. The Morgan fingerprint density at radius 3 is 2.79 bits per heavy atom. The van der Waals surface area contributed by atoms with E-state index in [2.05, 4.69) is 0 Å². The van der Waals surface area contributed by atoms with E-state index in [-0.39, 0.29) is 17.9 Å². The van der Waals surface area contributed by atoms with Gasteiger partial charge in [-0.3, -0.25) is 4.79 Å². The fraction of sp³-hybridized carbons (Fsp3) is 0.900. The first-order chi connectivity index (χ1) is 6.70. The van der Waals surface area contributed by atoms with Crippen molar-refractivity contribution >= 4 is 17.5 Å².